The number of fused-ring (bicyclic) bond motifs is 1. The van der Waals surface area contributed by atoms with E-state index in [2.05, 4.69) is 4.90 Å². The van der Waals surface area contributed by atoms with Gasteiger partial charge in [0.25, 0.3) is 15.9 Å². The zero-order valence-corrected chi connectivity index (χ0v) is 24.0. The Hall–Kier alpha value is -3.76. The van der Waals surface area contributed by atoms with E-state index in [-0.39, 0.29) is 10.8 Å². The first-order valence-electron chi connectivity index (χ1n) is 12.6. The highest BCUT2D eigenvalue weighted by Crippen LogP contribution is 2.33. The molecule has 1 aliphatic heterocycles. The zero-order valence-electron chi connectivity index (χ0n) is 22.4. The molecule has 1 aliphatic rings. The van der Waals surface area contributed by atoms with Crippen molar-refractivity contribution in [1.29, 1.82) is 0 Å². The van der Waals surface area contributed by atoms with E-state index in [4.69, 9.17) is 9.47 Å². The van der Waals surface area contributed by atoms with E-state index in [1.165, 1.54) is 22.7 Å². The van der Waals surface area contributed by atoms with Crippen LogP contribution in [0.5, 0.6) is 11.5 Å². The molecule has 0 aliphatic carbocycles. The van der Waals surface area contributed by atoms with Gasteiger partial charge < -0.3 is 19.3 Å². The number of carbonyl (C=O) groups excluding carboxylic acids is 1. The first-order chi connectivity index (χ1) is 18.7. The van der Waals surface area contributed by atoms with Gasteiger partial charge in [-0.1, -0.05) is 0 Å². The minimum Gasteiger partial charge on any atom is -0.497 e. The van der Waals surface area contributed by atoms with Gasteiger partial charge in [0.15, 0.2) is 0 Å². The van der Waals surface area contributed by atoms with Crippen LogP contribution in [0.2, 0.25) is 0 Å². The van der Waals surface area contributed by atoms with Gasteiger partial charge in [0.1, 0.15) is 11.5 Å². The van der Waals surface area contributed by atoms with E-state index in [1.807, 2.05) is 54.3 Å². The molecule has 0 unspecified atom stereocenters. The summed E-state index contributed by atoms with van der Waals surface area (Å²) in [6, 6.07) is 20.1. The van der Waals surface area contributed by atoms with Crippen LogP contribution in [0.1, 0.15) is 15.2 Å². The van der Waals surface area contributed by atoms with Gasteiger partial charge in [-0.25, -0.2) is 8.42 Å². The summed E-state index contributed by atoms with van der Waals surface area (Å²) in [5, 5.41) is 0.839. The molecule has 0 saturated carbocycles. The molecular weight excluding hydrogens is 534 g/mol. The number of ether oxygens (including phenoxy) is 2. The van der Waals surface area contributed by atoms with Crippen molar-refractivity contribution in [2.24, 2.45) is 0 Å². The van der Waals surface area contributed by atoms with Gasteiger partial charge in [-0.15, -0.1) is 11.3 Å². The number of anilines is 2. The topological polar surface area (TPSA) is 79.4 Å². The number of rotatable bonds is 7. The summed E-state index contributed by atoms with van der Waals surface area (Å²) in [6.45, 7) is 4.58. The maximum absolute atomic E-state index is 13.3. The maximum atomic E-state index is 13.3. The lowest BCUT2D eigenvalue weighted by atomic mass is 10.2. The third kappa shape index (κ3) is 5.26. The number of methoxy groups -OCH3 is 2. The van der Waals surface area contributed by atoms with Gasteiger partial charge in [-0.05, 0) is 84.6 Å². The highest BCUT2D eigenvalue weighted by atomic mass is 32.2. The average molecular weight is 566 g/mol. The smallest absolute Gasteiger partial charge is 0.264 e. The van der Waals surface area contributed by atoms with Gasteiger partial charge in [0, 0.05) is 43.6 Å². The van der Waals surface area contributed by atoms with Crippen molar-refractivity contribution in [2.75, 3.05) is 56.7 Å². The summed E-state index contributed by atoms with van der Waals surface area (Å²) in [6.07, 6.45) is 0. The van der Waals surface area contributed by atoms with Crippen molar-refractivity contribution in [3.05, 3.63) is 77.2 Å². The number of benzene rings is 3. The largest absolute Gasteiger partial charge is 0.497 e. The minimum absolute atomic E-state index is 0.00168. The predicted molar refractivity (Wildman–Crippen MR) is 156 cm³/mol. The molecule has 1 aromatic heterocycles. The SMILES string of the molecule is COc1ccc(N2CCN(C(=O)c3cc4cc(N(C)S(=O)(=O)c5ccc(OC)c(C)c5)ccc4s3)CC2)cc1. The molecule has 0 radical (unpaired) electrons. The van der Waals surface area contributed by atoms with Crippen LogP contribution in [0.4, 0.5) is 11.4 Å². The molecule has 0 bridgehead atoms. The molecular formula is C29H31N3O5S2. The Labute approximate surface area is 233 Å². The fraction of sp³-hybridized carbons (Fsp3) is 0.276. The number of nitrogens with zero attached hydrogens (tertiary/aromatic N) is 3. The molecule has 3 aromatic carbocycles. The molecule has 1 fully saturated rings. The Balaban J connectivity index is 1.30. The zero-order chi connectivity index (χ0) is 27.7. The summed E-state index contributed by atoms with van der Waals surface area (Å²) >= 11 is 1.43. The van der Waals surface area contributed by atoms with E-state index in [9.17, 15) is 13.2 Å². The Bertz CT molecular complexity index is 1610. The third-order valence-electron chi connectivity index (χ3n) is 7.10. The number of amides is 1. The quantitative estimate of drug-likeness (QED) is 0.313. The molecule has 10 heteroatoms. The molecule has 5 rings (SSSR count). The normalized spacial score (nSPS) is 13.9. The Morgan fingerprint density at radius 3 is 2.26 bits per heavy atom. The van der Waals surface area contributed by atoms with Crippen LogP contribution in [0.3, 0.4) is 0 Å². The second-order valence-corrected chi connectivity index (χ2v) is 12.5. The summed E-state index contributed by atoms with van der Waals surface area (Å²) in [5.41, 5.74) is 2.38. The molecule has 2 heterocycles. The fourth-order valence-electron chi connectivity index (χ4n) is 4.76. The van der Waals surface area contributed by atoms with Crippen LogP contribution in [0, 0.1) is 6.92 Å². The Morgan fingerprint density at radius 1 is 0.897 bits per heavy atom. The lowest BCUT2D eigenvalue weighted by Crippen LogP contribution is -2.48. The second kappa shape index (κ2) is 10.8. The van der Waals surface area contributed by atoms with Gasteiger partial charge in [-0.3, -0.25) is 9.10 Å². The van der Waals surface area contributed by atoms with Crippen LogP contribution in [0.25, 0.3) is 10.1 Å². The molecule has 0 atom stereocenters. The van der Waals surface area contributed by atoms with Crippen LogP contribution in [0.15, 0.2) is 71.6 Å². The van der Waals surface area contributed by atoms with Crippen LogP contribution in [-0.4, -0.2) is 66.7 Å². The Kier molecular flexibility index (Phi) is 7.42. The van der Waals surface area contributed by atoms with E-state index < -0.39 is 10.0 Å². The van der Waals surface area contributed by atoms with E-state index in [0.29, 0.717) is 29.4 Å². The van der Waals surface area contributed by atoms with E-state index >= 15 is 0 Å². The van der Waals surface area contributed by atoms with Gasteiger partial charge in [0.2, 0.25) is 0 Å². The standard InChI is InChI=1S/C29H31N3O5S2/c1-20-17-25(10-11-26(20)37-4)39(34,35)30(2)23-7-12-27-21(18-23)19-28(38-27)29(33)32-15-13-31(14-16-32)22-5-8-24(36-3)9-6-22/h5-12,17-19H,13-16H2,1-4H3. The van der Waals surface area contributed by atoms with Crippen molar-refractivity contribution in [1.82, 2.24) is 4.90 Å². The summed E-state index contributed by atoms with van der Waals surface area (Å²) in [4.78, 5) is 18.3. The average Bonchev–Trinajstić information content (AvgIpc) is 3.40. The monoisotopic (exact) mass is 565 g/mol. The lowest BCUT2D eigenvalue weighted by Gasteiger charge is -2.36. The lowest BCUT2D eigenvalue weighted by molar-refractivity contribution is 0.0751. The van der Waals surface area contributed by atoms with Crippen LogP contribution >= 0.6 is 11.3 Å². The predicted octanol–water partition coefficient (Wildman–Crippen LogP) is 5.01. The number of thiophene rings is 1. The molecule has 8 nitrogen and oxygen atoms in total. The minimum atomic E-state index is -3.77. The maximum Gasteiger partial charge on any atom is 0.264 e. The highest BCUT2D eigenvalue weighted by molar-refractivity contribution is 7.92. The van der Waals surface area contributed by atoms with Crippen LogP contribution in [-0.2, 0) is 10.0 Å². The number of hydrogen-bond acceptors (Lipinski definition) is 7. The first kappa shape index (κ1) is 26.8. The number of aryl methyl sites for hydroxylation is 1. The van der Waals surface area contributed by atoms with Gasteiger partial charge in [-0.2, -0.15) is 0 Å². The van der Waals surface area contributed by atoms with Crippen molar-refractivity contribution in [2.45, 2.75) is 11.8 Å². The molecule has 0 N–H and O–H groups in total. The van der Waals surface area contributed by atoms with Gasteiger partial charge >= 0.3 is 0 Å². The van der Waals surface area contributed by atoms with Crippen molar-refractivity contribution < 1.29 is 22.7 Å². The van der Waals surface area contributed by atoms with E-state index in [0.717, 1.165) is 40.2 Å². The summed E-state index contributed by atoms with van der Waals surface area (Å²) < 4.78 is 39.3. The molecule has 0 spiro atoms. The molecule has 39 heavy (non-hydrogen) atoms. The first-order valence-corrected chi connectivity index (χ1v) is 14.8. The third-order valence-corrected chi connectivity index (χ3v) is 9.99. The molecule has 4 aromatic rings. The summed E-state index contributed by atoms with van der Waals surface area (Å²) in [5.74, 6) is 1.46. The summed E-state index contributed by atoms with van der Waals surface area (Å²) in [7, 11) is 0.972. The van der Waals surface area contributed by atoms with Crippen LogP contribution < -0.4 is 18.7 Å². The molecule has 1 saturated heterocycles. The fourth-order valence-corrected chi connectivity index (χ4v) is 7.04. The number of hydrogen-bond donors (Lipinski definition) is 0. The number of carbonyl (C=O) groups is 1. The van der Waals surface area contributed by atoms with E-state index in [1.54, 1.807) is 38.5 Å². The molecule has 204 valence electrons. The molecule has 1 amide bonds. The Morgan fingerprint density at radius 2 is 1.62 bits per heavy atom. The number of piperazine rings is 1. The highest BCUT2D eigenvalue weighted by Gasteiger charge is 2.25. The second-order valence-electron chi connectivity index (χ2n) is 9.41. The number of sulfonamides is 1. The van der Waals surface area contributed by atoms with Crippen molar-refractivity contribution >= 4 is 48.7 Å². The van der Waals surface area contributed by atoms with Gasteiger partial charge in [0.05, 0.1) is 29.7 Å². The van der Waals surface area contributed by atoms with Crippen molar-refractivity contribution in [3.8, 4) is 11.5 Å². The van der Waals surface area contributed by atoms with Crippen molar-refractivity contribution in [3.63, 3.8) is 0 Å².